The second kappa shape index (κ2) is 22.1. The molecule has 17 aromatic rings. The van der Waals surface area contributed by atoms with Crippen LogP contribution in [0.25, 0.3) is 167 Å². The molecule has 11 aromatic carbocycles. The van der Waals surface area contributed by atoms with Gasteiger partial charge < -0.3 is 13.6 Å². The summed E-state index contributed by atoms with van der Waals surface area (Å²) in [5.74, 6) is 0. The Balaban J connectivity index is 0.992. The molecule has 0 spiro atoms. The van der Waals surface area contributed by atoms with Crippen LogP contribution in [0.5, 0.6) is 0 Å². The van der Waals surface area contributed by atoms with E-state index in [1.165, 1.54) is 0 Å². The number of hydrogen-bond acceptors (Lipinski definition) is 5. The van der Waals surface area contributed by atoms with Crippen molar-refractivity contribution in [2.75, 3.05) is 0 Å². The Kier molecular flexibility index (Phi) is 12.9. The predicted octanol–water partition coefficient (Wildman–Crippen LogP) is 21.2. The third-order valence-electron chi connectivity index (χ3n) is 17.5. The highest BCUT2D eigenvalue weighted by atomic mass is 16.4. The molecule has 0 bridgehead atoms. The van der Waals surface area contributed by atoms with Crippen molar-refractivity contribution in [1.82, 2.24) is 24.1 Å². The van der Waals surface area contributed by atoms with Crippen molar-refractivity contribution in [2.45, 2.75) is 0 Å². The fraction of sp³-hybridized carbons (Fsp3) is 0. The van der Waals surface area contributed by atoms with E-state index in [0.29, 0.717) is 22.5 Å². The third-order valence-corrected chi connectivity index (χ3v) is 17.5. The minimum atomic E-state index is -0.494. The van der Waals surface area contributed by atoms with Crippen LogP contribution in [-0.4, -0.2) is 24.1 Å². The quantitative estimate of drug-likeness (QED) is 0.121. The minimum absolute atomic E-state index is 0.435. The summed E-state index contributed by atoms with van der Waals surface area (Å²) in [6.45, 7) is 0. The van der Waals surface area contributed by atoms with Crippen molar-refractivity contribution >= 4 is 54.6 Å². The Hall–Kier alpha value is -12.3. The van der Waals surface area contributed by atoms with Crippen LogP contribution in [0, 0.1) is 0 Å². The summed E-state index contributed by atoms with van der Waals surface area (Å²) < 4.78 is 11.5. The van der Waals surface area contributed by atoms with Crippen LogP contribution in [-0.2, 0) is 0 Å². The molecule has 0 saturated carbocycles. The van der Waals surface area contributed by atoms with Gasteiger partial charge in [-0.3, -0.25) is 0 Å². The van der Waals surface area contributed by atoms with E-state index in [1.807, 2.05) is 78.9 Å². The molecule has 0 amide bonds. The van der Waals surface area contributed by atoms with E-state index in [2.05, 4.69) is 246 Å². The number of hydrogen-bond donors (Lipinski definition) is 0. The molecule has 0 aliphatic rings. The van der Waals surface area contributed by atoms with Gasteiger partial charge in [-0.1, -0.05) is 231 Å². The molecule has 6 heterocycles. The van der Waals surface area contributed by atoms with Crippen molar-refractivity contribution in [1.29, 1.82) is 0 Å². The molecule has 0 atom stereocenters. The van der Waals surface area contributed by atoms with E-state index >= 15 is 4.79 Å². The summed E-state index contributed by atoms with van der Waals surface area (Å²) in [4.78, 5) is 31.6. The van der Waals surface area contributed by atoms with E-state index in [0.717, 1.165) is 144 Å². The average molecular weight is 1160 g/mol. The van der Waals surface area contributed by atoms with Gasteiger partial charge in [0.05, 0.1) is 73.0 Å². The van der Waals surface area contributed by atoms with Crippen molar-refractivity contribution < 1.29 is 4.42 Å². The number of para-hydroxylation sites is 2. The first kappa shape index (κ1) is 53.0. The zero-order valence-corrected chi connectivity index (χ0v) is 49.2. The molecule has 91 heavy (non-hydrogen) atoms. The summed E-state index contributed by atoms with van der Waals surface area (Å²) in [5.41, 5.74) is 21.5. The molecule has 7 heteroatoms. The normalized spacial score (nSPS) is 11.6. The Morgan fingerprint density at radius 1 is 0.242 bits per heavy atom. The van der Waals surface area contributed by atoms with E-state index in [9.17, 15) is 0 Å². The lowest BCUT2D eigenvalue weighted by Gasteiger charge is -2.19. The maximum absolute atomic E-state index is 15.2. The summed E-state index contributed by atoms with van der Waals surface area (Å²) >= 11 is 0. The topological polar surface area (TPSA) is 78.7 Å². The SMILES string of the molecule is O=c1cc(-c2cc(-c3cc(-c4ccccc4)nc(-c4ccccc4)c3)nc(-c3cc(-c4ccccc4)nc(-c4ccccc4)c3)c2)c2c(-n3c4ccccc4c4cc(-c5ccccc5)ccc43)ccc(-n3c4ccccc4c4cc(-c5ccccc5)ccc43)c2o1. The lowest BCUT2D eigenvalue weighted by atomic mass is 9.95. The number of rotatable bonds is 11. The number of aromatic nitrogens is 5. The fourth-order valence-electron chi connectivity index (χ4n) is 13.3. The summed E-state index contributed by atoms with van der Waals surface area (Å²) in [5, 5.41) is 5.10. The molecule has 0 aliphatic heterocycles. The van der Waals surface area contributed by atoms with E-state index in [4.69, 9.17) is 19.4 Å². The van der Waals surface area contributed by atoms with E-state index in [-0.39, 0.29) is 0 Å². The molecular weight excluding hydrogens is 1110 g/mol. The lowest BCUT2D eigenvalue weighted by molar-refractivity contribution is 0.560. The first-order valence-corrected chi connectivity index (χ1v) is 30.6. The Morgan fingerprint density at radius 3 is 0.967 bits per heavy atom. The standard InChI is InChI=1S/C84H53N5O2/c90-82-53-67(62-47-74(63-49-70(56-27-11-3-12-28-56)85-71(50-63)57-29-13-4-14-30-57)87-75(48-62)64-51-72(58-31-15-5-16-32-58)86-73(52-64)59-33-17-6-18-34-59)83-80(88-76-37-21-19-35-65(76)68-45-60(39-41-78(68)88)54-23-7-1-8-24-54)43-44-81(84(83)91-82)89-77-38-22-20-36-66(77)69-46-61(40-42-79(69)89)55-25-9-2-10-26-55/h1-53H. The summed E-state index contributed by atoms with van der Waals surface area (Å²) in [7, 11) is 0. The van der Waals surface area contributed by atoms with E-state index < -0.39 is 5.63 Å². The van der Waals surface area contributed by atoms with Crippen molar-refractivity contribution in [3.8, 4) is 112 Å². The maximum Gasteiger partial charge on any atom is 0.336 e. The molecule has 0 N–H and O–H groups in total. The second-order valence-electron chi connectivity index (χ2n) is 23.0. The number of benzene rings is 11. The zero-order chi connectivity index (χ0) is 60.4. The van der Waals surface area contributed by atoms with Crippen LogP contribution in [0.4, 0.5) is 0 Å². The fourth-order valence-corrected chi connectivity index (χ4v) is 13.3. The van der Waals surface area contributed by atoms with Crippen LogP contribution in [0.3, 0.4) is 0 Å². The Morgan fingerprint density at radius 2 is 0.560 bits per heavy atom. The lowest BCUT2D eigenvalue weighted by Crippen LogP contribution is -2.06. The molecular formula is C84H53N5O2. The summed E-state index contributed by atoms with van der Waals surface area (Å²) in [6.07, 6.45) is 0. The largest absolute Gasteiger partial charge is 0.420 e. The van der Waals surface area contributed by atoms with Crippen LogP contribution in [0.1, 0.15) is 0 Å². The van der Waals surface area contributed by atoms with Gasteiger partial charge in [0, 0.05) is 66.6 Å². The number of pyridine rings is 3. The van der Waals surface area contributed by atoms with Crippen molar-refractivity contribution in [2.24, 2.45) is 0 Å². The average Bonchev–Trinajstić information content (AvgIpc) is 1.66. The van der Waals surface area contributed by atoms with Gasteiger partial charge in [-0.25, -0.2) is 19.7 Å². The van der Waals surface area contributed by atoms with Crippen LogP contribution < -0.4 is 5.63 Å². The number of fused-ring (bicyclic) bond motifs is 7. The van der Waals surface area contributed by atoms with Gasteiger partial charge in [0.15, 0.2) is 5.58 Å². The highest BCUT2D eigenvalue weighted by molar-refractivity contribution is 6.15. The molecule has 0 fully saturated rings. The molecule has 6 aromatic heterocycles. The van der Waals surface area contributed by atoms with Crippen LogP contribution >= 0.6 is 0 Å². The molecule has 17 rings (SSSR count). The van der Waals surface area contributed by atoms with Gasteiger partial charge in [-0.15, -0.1) is 0 Å². The van der Waals surface area contributed by atoms with Gasteiger partial charge in [0.1, 0.15) is 0 Å². The highest BCUT2D eigenvalue weighted by Gasteiger charge is 2.26. The zero-order valence-electron chi connectivity index (χ0n) is 49.2. The van der Waals surface area contributed by atoms with Gasteiger partial charge in [0.25, 0.3) is 0 Å². The molecule has 0 unspecified atom stereocenters. The Labute approximate surface area is 524 Å². The first-order chi connectivity index (χ1) is 45.0. The van der Waals surface area contributed by atoms with Gasteiger partial charge in [-0.2, -0.15) is 0 Å². The third kappa shape index (κ3) is 9.48. The monoisotopic (exact) mass is 1160 g/mol. The first-order valence-electron chi connectivity index (χ1n) is 30.6. The minimum Gasteiger partial charge on any atom is -0.420 e. The van der Waals surface area contributed by atoms with Gasteiger partial charge >= 0.3 is 5.63 Å². The highest BCUT2D eigenvalue weighted by Crippen LogP contribution is 2.45. The number of nitrogens with zero attached hydrogens (tertiary/aromatic N) is 5. The Bertz CT molecular complexity index is 5450. The van der Waals surface area contributed by atoms with Gasteiger partial charge in [0.2, 0.25) is 0 Å². The molecule has 0 radical (unpaired) electrons. The molecule has 426 valence electrons. The predicted molar refractivity (Wildman–Crippen MR) is 373 cm³/mol. The maximum atomic E-state index is 15.2. The van der Waals surface area contributed by atoms with Crippen LogP contribution in [0.15, 0.2) is 331 Å². The summed E-state index contributed by atoms with van der Waals surface area (Å²) in [6, 6.07) is 111. The molecule has 7 nitrogen and oxygen atoms in total. The van der Waals surface area contributed by atoms with Crippen LogP contribution in [0.2, 0.25) is 0 Å². The molecule has 0 saturated heterocycles. The van der Waals surface area contributed by atoms with Crippen molar-refractivity contribution in [3.63, 3.8) is 0 Å². The second-order valence-corrected chi connectivity index (χ2v) is 23.0. The molecule has 0 aliphatic carbocycles. The van der Waals surface area contributed by atoms with Crippen molar-refractivity contribution in [3.05, 3.63) is 332 Å². The van der Waals surface area contributed by atoms with Gasteiger partial charge in [-0.05, 0) is 113 Å². The smallest absolute Gasteiger partial charge is 0.336 e. The van der Waals surface area contributed by atoms with E-state index in [1.54, 1.807) is 6.07 Å².